The summed E-state index contributed by atoms with van der Waals surface area (Å²) in [5.41, 5.74) is 0. The fourth-order valence-electron chi connectivity index (χ4n) is 1.02. The van der Waals surface area contributed by atoms with Crippen LogP contribution < -0.4 is 0 Å². The maximum Gasteiger partial charge on any atom is 0.312 e. The maximum absolute atomic E-state index is 10.9. The lowest BCUT2D eigenvalue weighted by Crippen LogP contribution is -2.05. The molecule has 2 nitrogen and oxygen atoms in total. The van der Waals surface area contributed by atoms with E-state index in [1.54, 1.807) is 0 Å². The van der Waals surface area contributed by atoms with E-state index in [0.717, 1.165) is 12.8 Å². The highest BCUT2D eigenvalue weighted by Crippen LogP contribution is 2.06. The maximum atomic E-state index is 10.9. The highest BCUT2D eigenvalue weighted by atomic mass is 32.1. The molecule has 0 rings (SSSR count). The summed E-state index contributed by atoms with van der Waals surface area (Å²) in [6, 6.07) is 0. The Balaban J connectivity index is 3.22. The van der Waals surface area contributed by atoms with E-state index in [9.17, 15) is 4.79 Å². The number of thiocarbonyl (C=S) groups is 1. The monoisotopic (exact) mass is 220 g/mol. The van der Waals surface area contributed by atoms with E-state index in [2.05, 4.69) is 36.5 Å². The Morgan fingerprint density at radius 2 is 1.92 bits per heavy atom. The Bertz CT molecular complexity index is 169. The van der Waals surface area contributed by atoms with Gasteiger partial charge in [0.1, 0.15) is 0 Å². The third kappa shape index (κ3) is 9.83. The van der Waals surface area contributed by atoms with Crippen LogP contribution in [0.5, 0.6) is 0 Å². The van der Waals surface area contributed by atoms with E-state index < -0.39 is 0 Å². The molecule has 0 aliphatic heterocycles. The lowest BCUT2D eigenvalue weighted by molar-refractivity contribution is -0.135. The third-order valence-electron chi connectivity index (χ3n) is 1.69. The molecule has 0 heterocycles. The van der Waals surface area contributed by atoms with Crippen molar-refractivity contribution in [2.75, 3.05) is 0 Å². The number of hydrogen-bond acceptors (Lipinski definition) is 3. The van der Waals surface area contributed by atoms with Crippen molar-refractivity contribution in [2.45, 2.75) is 45.4 Å². The lowest BCUT2D eigenvalue weighted by atomic mass is 10.1. The minimum atomic E-state index is -0.267. The molecule has 0 aliphatic carbocycles. The predicted molar refractivity (Wildman–Crippen MR) is 61.1 cm³/mol. The van der Waals surface area contributed by atoms with Gasteiger partial charge in [-0.05, 0) is 18.6 Å². The van der Waals surface area contributed by atoms with Crippen LogP contribution in [0, 0.1) is 0 Å². The molecule has 0 aromatic heterocycles. The summed E-state index contributed by atoms with van der Waals surface area (Å²) >= 11 is 8.22. The van der Waals surface area contributed by atoms with Gasteiger partial charge in [0.15, 0.2) is 0 Å². The number of carbonyl (C=O) groups is 1. The van der Waals surface area contributed by atoms with Crippen LogP contribution in [0.2, 0.25) is 0 Å². The van der Waals surface area contributed by atoms with E-state index in [1.807, 2.05) is 0 Å². The first-order valence-corrected chi connectivity index (χ1v) is 5.46. The highest BCUT2D eigenvalue weighted by Gasteiger charge is 2.03. The second kappa shape index (κ2) is 8.51. The summed E-state index contributed by atoms with van der Waals surface area (Å²) in [5.74, 6) is -0.267. The van der Waals surface area contributed by atoms with Crippen LogP contribution in [0.15, 0.2) is 0 Å². The molecule has 0 saturated heterocycles. The number of carbonyl (C=O) groups excluding carboxylic acids is 1. The van der Waals surface area contributed by atoms with Crippen LogP contribution in [0.1, 0.15) is 45.4 Å². The smallest absolute Gasteiger partial charge is 0.312 e. The number of unbranched alkanes of at least 4 members (excludes halogenated alkanes) is 4. The quantitative estimate of drug-likeness (QED) is 0.322. The minimum Gasteiger partial charge on any atom is -0.409 e. The molecule has 0 saturated carbocycles. The van der Waals surface area contributed by atoms with Crippen molar-refractivity contribution in [3.63, 3.8) is 0 Å². The summed E-state index contributed by atoms with van der Waals surface area (Å²) in [6.45, 7) is 2.16. The van der Waals surface area contributed by atoms with Crippen molar-refractivity contribution in [3.8, 4) is 0 Å². The molecular formula is C9H16O2S2. The number of rotatable bonds is 6. The summed E-state index contributed by atoms with van der Waals surface area (Å²) in [5, 5.41) is 0. The average molecular weight is 220 g/mol. The Kier molecular flexibility index (Phi) is 8.45. The fraction of sp³-hybridized carbons (Fsp3) is 0.778. The number of hydrogen-bond donors (Lipinski definition) is 1. The standard InChI is InChI=1S/C9H16O2S2/c1-2-3-4-5-6-7-8(10)11-9(12)13/h2-7H2,1H3,(H,12,13). The number of esters is 1. The van der Waals surface area contributed by atoms with Crippen molar-refractivity contribution in [1.29, 1.82) is 0 Å². The molecule has 0 atom stereocenters. The van der Waals surface area contributed by atoms with Crippen LogP contribution in [-0.4, -0.2) is 10.4 Å². The zero-order valence-electron chi connectivity index (χ0n) is 7.91. The molecule has 0 amide bonds. The van der Waals surface area contributed by atoms with Crippen LogP contribution >= 0.6 is 24.8 Å². The van der Waals surface area contributed by atoms with Crippen molar-refractivity contribution in [3.05, 3.63) is 0 Å². The van der Waals surface area contributed by atoms with E-state index in [4.69, 9.17) is 0 Å². The van der Waals surface area contributed by atoms with Gasteiger partial charge in [-0.25, -0.2) is 0 Å². The highest BCUT2D eigenvalue weighted by molar-refractivity contribution is 8.10. The lowest BCUT2D eigenvalue weighted by Gasteiger charge is -2.00. The molecule has 4 heteroatoms. The molecule has 0 aliphatic rings. The van der Waals surface area contributed by atoms with Crippen molar-refractivity contribution >= 4 is 35.2 Å². The summed E-state index contributed by atoms with van der Waals surface area (Å²) in [4.78, 5) is 10.9. The fourth-order valence-corrected chi connectivity index (χ4v) is 1.22. The van der Waals surface area contributed by atoms with Crippen LogP contribution in [0.4, 0.5) is 0 Å². The molecule has 0 unspecified atom stereocenters. The van der Waals surface area contributed by atoms with Gasteiger partial charge in [0.2, 0.25) is 4.38 Å². The van der Waals surface area contributed by atoms with Gasteiger partial charge >= 0.3 is 5.97 Å². The first-order valence-electron chi connectivity index (χ1n) is 4.60. The van der Waals surface area contributed by atoms with Crippen molar-refractivity contribution < 1.29 is 9.53 Å². The molecule has 0 fully saturated rings. The SMILES string of the molecule is CCCCCCCC(=O)OC(=S)S. The first kappa shape index (κ1) is 12.9. The zero-order chi connectivity index (χ0) is 10.1. The van der Waals surface area contributed by atoms with Crippen LogP contribution in [-0.2, 0) is 9.53 Å². The topological polar surface area (TPSA) is 26.3 Å². The zero-order valence-corrected chi connectivity index (χ0v) is 9.63. The van der Waals surface area contributed by atoms with E-state index in [1.165, 1.54) is 19.3 Å². The predicted octanol–water partition coefficient (Wildman–Crippen LogP) is 3.10. The van der Waals surface area contributed by atoms with Gasteiger partial charge in [0, 0.05) is 6.42 Å². The van der Waals surface area contributed by atoms with E-state index >= 15 is 0 Å². The molecule has 0 aromatic rings. The Labute approximate surface area is 90.4 Å². The van der Waals surface area contributed by atoms with Crippen LogP contribution in [0.3, 0.4) is 0 Å². The van der Waals surface area contributed by atoms with Gasteiger partial charge < -0.3 is 4.74 Å². The molecule has 13 heavy (non-hydrogen) atoms. The normalized spacial score (nSPS) is 9.69. The molecule has 76 valence electrons. The van der Waals surface area contributed by atoms with Gasteiger partial charge in [0.25, 0.3) is 0 Å². The summed E-state index contributed by atoms with van der Waals surface area (Å²) in [6.07, 6.45) is 6.06. The second-order valence-corrected chi connectivity index (χ2v) is 3.98. The molecular weight excluding hydrogens is 204 g/mol. The van der Waals surface area contributed by atoms with E-state index in [0.29, 0.717) is 6.42 Å². The Morgan fingerprint density at radius 1 is 1.31 bits per heavy atom. The van der Waals surface area contributed by atoms with Gasteiger partial charge in [0.05, 0.1) is 0 Å². The third-order valence-corrected chi connectivity index (χ3v) is 1.86. The molecule has 0 spiro atoms. The average Bonchev–Trinajstić information content (AvgIpc) is 2.02. The number of ether oxygens (including phenoxy) is 1. The first-order chi connectivity index (χ1) is 6.16. The molecule has 0 aromatic carbocycles. The number of thiol groups is 1. The molecule has 0 bridgehead atoms. The Hall–Kier alpha value is -0.0900. The molecule has 0 N–H and O–H groups in total. The van der Waals surface area contributed by atoms with Gasteiger partial charge in [-0.15, -0.1) is 0 Å². The second-order valence-electron chi connectivity index (χ2n) is 2.90. The Morgan fingerprint density at radius 3 is 2.46 bits per heavy atom. The molecule has 0 radical (unpaired) electrons. The van der Waals surface area contributed by atoms with Gasteiger partial charge in [-0.2, -0.15) is 0 Å². The largest absolute Gasteiger partial charge is 0.409 e. The van der Waals surface area contributed by atoms with Crippen molar-refractivity contribution in [1.82, 2.24) is 0 Å². The van der Waals surface area contributed by atoms with Crippen molar-refractivity contribution in [2.24, 2.45) is 0 Å². The summed E-state index contributed by atoms with van der Waals surface area (Å²) in [7, 11) is 0. The van der Waals surface area contributed by atoms with Crippen LogP contribution in [0.25, 0.3) is 0 Å². The minimum absolute atomic E-state index is 0.0126. The van der Waals surface area contributed by atoms with Gasteiger partial charge in [-0.1, -0.05) is 45.2 Å². The van der Waals surface area contributed by atoms with Gasteiger partial charge in [-0.3, -0.25) is 4.79 Å². The summed E-state index contributed by atoms with van der Waals surface area (Å²) < 4.78 is 4.63. The van der Waals surface area contributed by atoms with E-state index in [-0.39, 0.29) is 10.4 Å².